The Morgan fingerprint density at radius 3 is 2.94 bits per heavy atom. The number of carbonyl (C=O) groups is 1. The van der Waals surface area contributed by atoms with E-state index < -0.39 is 0 Å². The molecular formula is C11H15ClN2OS2. The number of alkyl halides is 1. The van der Waals surface area contributed by atoms with Crippen molar-refractivity contribution < 1.29 is 4.79 Å². The number of hydrogen-bond acceptors (Lipinski definition) is 4. The summed E-state index contributed by atoms with van der Waals surface area (Å²) in [6.07, 6.45) is 2.93. The second-order valence-corrected chi connectivity index (χ2v) is 6.44. The molecule has 1 saturated heterocycles. The highest BCUT2D eigenvalue weighted by Crippen LogP contribution is 2.26. The molecule has 0 radical (unpaired) electrons. The summed E-state index contributed by atoms with van der Waals surface area (Å²) in [4.78, 5) is 16.0. The highest BCUT2D eigenvalue weighted by atomic mass is 35.5. The van der Waals surface area contributed by atoms with Crippen molar-refractivity contribution in [1.82, 2.24) is 4.98 Å². The van der Waals surface area contributed by atoms with Gasteiger partial charge in [0.1, 0.15) is 0 Å². The third kappa shape index (κ3) is 4.16. The molecule has 17 heavy (non-hydrogen) atoms. The van der Waals surface area contributed by atoms with Gasteiger partial charge in [-0.15, -0.1) is 22.9 Å². The zero-order valence-corrected chi connectivity index (χ0v) is 11.8. The molecule has 6 heteroatoms. The van der Waals surface area contributed by atoms with Gasteiger partial charge in [0.25, 0.3) is 0 Å². The monoisotopic (exact) mass is 290 g/mol. The minimum Gasteiger partial charge on any atom is -0.302 e. The maximum atomic E-state index is 11.8. The topological polar surface area (TPSA) is 42.0 Å². The zero-order chi connectivity index (χ0) is 12.1. The second-order valence-electron chi connectivity index (χ2n) is 4.09. The summed E-state index contributed by atoms with van der Waals surface area (Å²) in [7, 11) is 0. The number of carbonyl (C=O) groups excluding carboxylic acids is 1. The highest BCUT2D eigenvalue weighted by Gasteiger charge is 2.17. The van der Waals surface area contributed by atoms with E-state index in [-0.39, 0.29) is 5.91 Å². The fourth-order valence-electron chi connectivity index (χ4n) is 1.81. The Morgan fingerprint density at radius 2 is 2.29 bits per heavy atom. The lowest BCUT2D eigenvalue weighted by Gasteiger charge is -2.20. The number of thioether (sulfide) groups is 1. The summed E-state index contributed by atoms with van der Waals surface area (Å²) in [5.41, 5.74) is 0.820. The van der Waals surface area contributed by atoms with E-state index in [1.54, 1.807) is 0 Å². The molecule has 0 atom stereocenters. The summed E-state index contributed by atoms with van der Waals surface area (Å²) in [6.45, 7) is 0. The zero-order valence-electron chi connectivity index (χ0n) is 9.45. The van der Waals surface area contributed by atoms with Crippen LogP contribution in [0.1, 0.15) is 25.0 Å². The van der Waals surface area contributed by atoms with Gasteiger partial charge in [-0.25, -0.2) is 4.98 Å². The fraction of sp³-hybridized carbons (Fsp3) is 0.636. The maximum Gasteiger partial charge on any atom is 0.226 e. The number of anilines is 1. The first-order valence-corrected chi connectivity index (χ1v) is 8.23. The molecule has 1 fully saturated rings. The molecule has 3 nitrogen and oxygen atoms in total. The quantitative estimate of drug-likeness (QED) is 0.865. The number of nitrogens with zero attached hydrogens (tertiary/aromatic N) is 1. The Balaban J connectivity index is 1.79. The Kier molecular flexibility index (Phi) is 5.13. The van der Waals surface area contributed by atoms with Gasteiger partial charge >= 0.3 is 0 Å². The van der Waals surface area contributed by atoms with Gasteiger partial charge in [0.05, 0.1) is 11.6 Å². The van der Waals surface area contributed by atoms with Crippen LogP contribution >= 0.6 is 34.7 Å². The highest BCUT2D eigenvalue weighted by molar-refractivity contribution is 7.99. The van der Waals surface area contributed by atoms with Crippen LogP contribution in [0.15, 0.2) is 5.38 Å². The molecule has 1 N–H and O–H groups in total. The summed E-state index contributed by atoms with van der Waals surface area (Å²) < 4.78 is 0. The van der Waals surface area contributed by atoms with E-state index in [1.807, 2.05) is 17.1 Å². The number of rotatable bonds is 4. The average Bonchev–Trinajstić information content (AvgIpc) is 2.78. The molecule has 1 aromatic heterocycles. The number of aromatic nitrogens is 1. The molecule has 2 rings (SSSR count). The van der Waals surface area contributed by atoms with E-state index in [4.69, 9.17) is 11.6 Å². The fourth-order valence-corrected chi connectivity index (χ4v) is 3.97. The van der Waals surface area contributed by atoms with Crippen molar-refractivity contribution in [2.75, 3.05) is 16.8 Å². The Morgan fingerprint density at radius 1 is 1.53 bits per heavy atom. The van der Waals surface area contributed by atoms with Crippen molar-refractivity contribution >= 4 is 45.7 Å². The van der Waals surface area contributed by atoms with Crippen LogP contribution in [0.5, 0.6) is 0 Å². The van der Waals surface area contributed by atoms with E-state index in [1.165, 1.54) is 22.8 Å². The maximum absolute atomic E-state index is 11.8. The summed E-state index contributed by atoms with van der Waals surface area (Å²) in [6, 6.07) is 0. The first kappa shape index (κ1) is 13.2. The SMILES string of the molecule is O=C(CC1CCSCC1)Nc1nc(CCl)cs1. The predicted octanol–water partition coefficient (Wildman–Crippen LogP) is 3.35. The van der Waals surface area contributed by atoms with Crippen LogP contribution in [0.2, 0.25) is 0 Å². The molecular weight excluding hydrogens is 276 g/mol. The molecule has 1 aromatic rings. The van der Waals surface area contributed by atoms with Gasteiger partial charge in [-0.05, 0) is 30.3 Å². The Labute approximate surface area is 114 Å². The van der Waals surface area contributed by atoms with Crippen molar-refractivity contribution in [3.63, 3.8) is 0 Å². The number of halogens is 1. The van der Waals surface area contributed by atoms with Crippen molar-refractivity contribution in [3.05, 3.63) is 11.1 Å². The summed E-state index contributed by atoms with van der Waals surface area (Å²) >= 11 is 9.07. The van der Waals surface area contributed by atoms with E-state index >= 15 is 0 Å². The lowest BCUT2D eigenvalue weighted by atomic mass is 9.99. The van der Waals surface area contributed by atoms with E-state index in [0.29, 0.717) is 23.4 Å². The smallest absolute Gasteiger partial charge is 0.226 e. The van der Waals surface area contributed by atoms with Crippen LogP contribution < -0.4 is 5.32 Å². The number of thiazole rings is 1. The standard InChI is InChI=1S/C11H15ClN2OS2/c12-6-9-7-17-11(13-9)14-10(15)5-8-1-3-16-4-2-8/h7-8H,1-6H2,(H,13,14,15). The van der Waals surface area contributed by atoms with Gasteiger partial charge in [0.2, 0.25) is 5.91 Å². The van der Waals surface area contributed by atoms with Gasteiger partial charge in [0.15, 0.2) is 5.13 Å². The van der Waals surface area contributed by atoms with Gasteiger partial charge < -0.3 is 5.32 Å². The lowest BCUT2D eigenvalue weighted by Crippen LogP contribution is -2.19. The molecule has 0 saturated carbocycles. The Hall–Kier alpha value is -0.260. The summed E-state index contributed by atoms with van der Waals surface area (Å²) in [5, 5.41) is 5.38. The van der Waals surface area contributed by atoms with Crippen LogP contribution in [0.3, 0.4) is 0 Å². The summed E-state index contributed by atoms with van der Waals surface area (Å²) in [5.74, 6) is 3.39. The third-order valence-electron chi connectivity index (χ3n) is 2.75. The van der Waals surface area contributed by atoms with Crippen molar-refractivity contribution in [3.8, 4) is 0 Å². The first-order chi connectivity index (χ1) is 8.28. The molecule has 2 heterocycles. The van der Waals surface area contributed by atoms with Gasteiger partial charge in [-0.1, -0.05) is 0 Å². The van der Waals surface area contributed by atoms with Crippen LogP contribution in [0.4, 0.5) is 5.13 Å². The average molecular weight is 291 g/mol. The van der Waals surface area contributed by atoms with Crippen LogP contribution in [-0.2, 0) is 10.7 Å². The lowest BCUT2D eigenvalue weighted by molar-refractivity contribution is -0.117. The van der Waals surface area contributed by atoms with Crippen molar-refractivity contribution in [2.24, 2.45) is 5.92 Å². The molecule has 0 aliphatic carbocycles. The van der Waals surface area contributed by atoms with Gasteiger partial charge in [-0.3, -0.25) is 4.79 Å². The van der Waals surface area contributed by atoms with Gasteiger partial charge in [0, 0.05) is 11.8 Å². The normalized spacial score (nSPS) is 17.0. The number of amides is 1. The molecule has 1 amide bonds. The van der Waals surface area contributed by atoms with Crippen LogP contribution in [0.25, 0.3) is 0 Å². The van der Waals surface area contributed by atoms with E-state index in [2.05, 4.69) is 10.3 Å². The van der Waals surface area contributed by atoms with Crippen molar-refractivity contribution in [1.29, 1.82) is 0 Å². The minimum atomic E-state index is 0.0809. The molecule has 0 unspecified atom stereocenters. The van der Waals surface area contributed by atoms with Crippen LogP contribution in [-0.4, -0.2) is 22.4 Å². The van der Waals surface area contributed by atoms with E-state index in [0.717, 1.165) is 18.5 Å². The van der Waals surface area contributed by atoms with Crippen molar-refractivity contribution in [2.45, 2.75) is 25.1 Å². The number of hydrogen-bond donors (Lipinski definition) is 1. The number of nitrogens with one attached hydrogen (secondary N) is 1. The molecule has 1 aliphatic rings. The first-order valence-electron chi connectivity index (χ1n) is 5.66. The molecule has 94 valence electrons. The predicted molar refractivity (Wildman–Crippen MR) is 75.0 cm³/mol. The van der Waals surface area contributed by atoms with E-state index in [9.17, 15) is 4.79 Å². The van der Waals surface area contributed by atoms with Gasteiger partial charge in [-0.2, -0.15) is 11.8 Å². The molecule has 0 aromatic carbocycles. The minimum absolute atomic E-state index is 0.0809. The molecule has 1 aliphatic heterocycles. The Bertz CT molecular complexity index is 377. The molecule has 0 spiro atoms. The van der Waals surface area contributed by atoms with Crippen LogP contribution in [0, 0.1) is 5.92 Å². The molecule has 0 bridgehead atoms. The third-order valence-corrected chi connectivity index (χ3v) is 4.88. The largest absolute Gasteiger partial charge is 0.302 e. The second kappa shape index (κ2) is 6.61.